The minimum absolute atomic E-state index is 0.0386. The summed E-state index contributed by atoms with van der Waals surface area (Å²) in [5, 5.41) is 2.97. The Bertz CT molecular complexity index is 628. The van der Waals surface area contributed by atoms with Gasteiger partial charge < -0.3 is 5.32 Å². The zero-order valence-electron chi connectivity index (χ0n) is 14.1. The second kappa shape index (κ2) is 7.01. The van der Waals surface area contributed by atoms with E-state index in [1.165, 1.54) is 4.31 Å². The number of piperidine rings is 1. The number of hydrogen-bond acceptors (Lipinski definition) is 3. The first kappa shape index (κ1) is 17.9. The molecular weight excluding hydrogens is 312 g/mol. The smallest absolute Gasteiger partial charge is 0.243 e. The zero-order chi connectivity index (χ0) is 17.1. The van der Waals surface area contributed by atoms with Crippen molar-refractivity contribution in [2.75, 3.05) is 19.6 Å². The number of nitrogens with one attached hydrogen (secondary N) is 1. The van der Waals surface area contributed by atoms with Crippen molar-refractivity contribution >= 4 is 15.9 Å². The fourth-order valence-corrected chi connectivity index (χ4v) is 4.09. The number of carbonyl (C=O) groups excluding carboxylic acids is 1. The summed E-state index contributed by atoms with van der Waals surface area (Å²) < 4.78 is 26.6. The molecule has 0 bridgehead atoms. The van der Waals surface area contributed by atoms with Gasteiger partial charge in [0.15, 0.2) is 0 Å². The lowest BCUT2D eigenvalue weighted by atomic mass is 9.94. The molecule has 0 saturated carbocycles. The van der Waals surface area contributed by atoms with Crippen molar-refractivity contribution in [1.29, 1.82) is 0 Å². The van der Waals surface area contributed by atoms with Crippen LogP contribution in [0.2, 0.25) is 0 Å². The molecule has 0 radical (unpaired) electrons. The highest BCUT2D eigenvalue weighted by atomic mass is 32.2. The Labute approximate surface area is 139 Å². The van der Waals surface area contributed by atoms with Gasteiger partial charge in [0.1, 0.15) is 0 Å². The first-order chi connectivity index (χ1) is 10.7. The topological polar surface area (TPSA) is 66.5 Å². The van der Waals surface area contributed by atoms with E-state index in [9.17, 15) is 13.2 Å². The summed E-state index contributed by atoms with van der Waals surface area (Å²) in [4.78, 5) is 12.5. The van der Waals surface area contributed by atoms with Crippen molar-refractivity contribution in [3.8, 4) is 0 Å². The standard InChI is InChI=1S/C17H26N2O3S/c1-17(2,3)13-18-16(20)14-9-11-19(12-10-14)23(21,22)15-7-5-4-6-8-15/h4-8,14H,9-13H2,1-3H3,(H,18,20). The van der Waals surface area contributed by atoms with E-state index in [2.05, 4.69) is 26.1 Å². The zero-order valence-corrected chi connectivity index (χ0v) is 14.9. The Morgan fingerprint density at radius 1 is 1.17 bits per heavy atom. The third-order valence-electron chi connectivity index (χ3n) is 4.00. The molecule has 1 heterocycles. The number of rotatable bonds is 4. The molecule has 0 spiro atoms. The van der Waals surface area contributed by atoms with E-state index in [1.54, 1.807) is 30.3 Å². The molecule has 0 atom stereocenters. The molecule has 0 aromatic heterocycles. The van der Waals surface area contributed by atoms with Crippen LogP contribution in [0.3, 0.4) is 0 Å². The third-order valence-corrected chi connectivity index (χ3v) is 5.91. The van der Waals surface area contributed by atoms with E-state index in [0.717, 1.165) is 0 Å². The predicted octanol–water partition coefficient (Wildman–Crippen LogP) is 2.25. The molecule has 1 N–H and O–H groups in total. The van der Waals surface area contributed by atoms with Crippen molar-refractivity contribution < 1.29 is 13.2 Å². The summed E-state index contributed by atoms with van der Waals surface area (Å²) in [6.45, 7) is 7.64. The minimum Gasteiger partial charge on any atom is -0.355 e. The summed E-state index contributed by atoms with van der Waals surface area (Å²) in [7, 11) is -3.45. The maximum atomic E-state index is 12.5. The lowest BCUT2D eigenvalue weighted by molar-refractivity contribution is -0.126. The molecule has 128 valence electrons. The van der Waals surface area contributed by atoms with Crippen LogP contribution in [-0.4, -0.2) is 38.3 Å². The van der Waals surface area contributed by atoms with E-state index in [0.29, 0.717) is 37.4 Å². The lowest BCUT2D eigenvalue weighted by Crippen LogP contribution is -2.44. The van der Waals surface area contributed by atoms with Gasteiger partial charge in [0.05, 0.1) is 4.90 Å². The molecule has 1 aromatic carbocycles. The Hall–Kier alpha value is -1.40. The van der Waals surface area contributed by atoms with Crippen LogP contribution in [0.25, 0.3) is 0 Å². The summed E-state index contributed by atoms with van der Waals surface area (Å²) >= 11 is 0. The highest BCUT2D eigenvalue weighted by molar-refractivity contribution is 7.89. The van der Waals surface area contributed by atoms with Gasteiger partial charge in [-0.05, 0) is 30.4 Å². The normalized spacial score (nSPS) is 17.9. The van der Waals surface area contributed by atoms with Crippen LogP contribution in [0, 0.1) is 11.3 Å². The van der Waals surface area contributed by atoms with Crippen molar-refractivity contribution in [3.63, 3.8) is 0 Å². The van der Waals surface area contributed by atoms with Crippen LogP contribution in [0.4, 0.5) is 0 Å². The van der Waals surface area contributed by atoms with Gasteiger partial charge in [-0.25, -0.2) is 8.42 Å². The van der Waals surface area contributed by atoms with E-state index in [1.807, 2.05) is 0 Å². The minimum atomic E-state index is -3.45. The molecule has 1 saturated heterocycles. The molecule has 1 aliphatic heterocycles. The number of benzene rings is 1. The van der Waals surface area contributed by atoms with Crippen LogP contribution in [-0.2, 0) is 14.8 Å². The van der Waals surface area contributed by atoms with Crippen LogP contribution < -0.4 is 5.32 Å². The number of sulfonamides is 1. The molecule has 6 heteroatoms. The van der Waals surface area contributed by atoms with Gasteiger partial charge in [0, 0.05) is 25.6 Å². The van der Waals surface area contributed by atoms with Crippen molar-refractivity contribution in [2.45, 2.75) is 38.5 Å². The fraction of sp³-hybridized carbons (Fsp3) is 0.588. The second-order valence-corrected chi connectivity index (χ2v) is 9.21. The Morgan fingerprint density at radius 3 is 2.26 bits per heavy atom. The van der Waals surface area contributed by atoms with Gasteiger partial charge in [-0.1, -0.05) is 39.0 Å². The van der Waals surface area contributed by atoms with Gasteiger partial charge in [-0.15, -0.1) is 0 Å². The van der Waals surface area contributed by atoms with Crippen LogP contribution >= 0.6 is 0 Å². The van der Waals surface area contributed by atoms with Crippen molar-refractivity contribution in [1.82, 2.24) is 9.62 Å². The molecule has 1 amide bonds. The first-order valence-corrected chi connectivity index (χ1v) is 9.47. The number of amides is 1. The molecule has 2 rings (SSSR count). The Morgan fingerprint density at radius 2 is 1.74 bits per heavy atom. The molecule has 5 nitrogen and oxygen atoms in total. The number of nitrogens with zero attached hydrogens (tertiary/aromatic N) is 1. The van der Waals surface area contributed by atoms with Crippen molar-refractivity contribution in [3.05, 3.63) is 30.3 Å². The molecular formula is C17H26N2O3S. The summed E-state index contributed by atoms with van der Waals surface area (Å²) in [5.74, 6) is -0.0590. The van der Waals surface area contributed by atoms with Gasteiger partial charge in [0.25, 0.3) is 0 Å². The average molecular weight is 338 g/mol. The fourth-order valence-electron chi connectivity index (χ4n) is 2.60. The highest BCUT2D eigenvalue weighted by Gasteiger charge is 2.32. The highest BCUT2D eigenvalue weighted by Crippen LogP contribution is 2.24. The predicted molar refractivity (Wildman–Crippen MR) is 90.4 cm³/mol. The summed E-state index contributed by atoms with van der Waals surface area (Å²) in [6.07, 6.45) is 1.14. The maximum absolute atomic E-state index is 12.5. The Balaban J connectivity index is 1.92. The van der Waals surface area contributed by atoms with Crippen LogP contribution in [0.15, 0.2) is 35.2 Å². The van der Waals surface area contributed by atoms with E-state index in [-0.39, 0.29) is 17.2 Å². The van der Waals surface area contributed by atoms with Crippen molar-refractivity contribution in [2.24, 2.45) is 11.3 Å². The van der Waals surface area contributed by atoms with Crippen LogP contribution in [0.1, 0.15) is 33.6 Å². The molecule has 0 aliphatic carbocycles. The van der Waals surface area contributed by atoms with Gasteiger partial charge in [-0.3, -0.25) is 4.79 Å². The SMILES string of the molecule is CC(C)(C)CNC(=O)C1CCN(S(=O)(=O)c2ccccc2)CC1. The van der Waals surface area contributed by atoms with Gasteiger partial charge in [-0.2, -0.15) is 4.31 Å². The molecule has 1 aromatic rings. The Kier molecular flexibility index (Phi) is 5.47. The quantitative estimate of drug-likeness (QED) is 0.916. The average Bonchev–Trinajstić information content (AvgIpc) is 2.53. The molecule has 1 fully saturated rings. The molecule has 0 unspecified atom stereocenters. The summed E-state index contributed by atoms with van der Waals surface area (Å²) in [5.41, 5.74) is 0.0486. The molecule has 1 aliphatic rings. The lowest BCUT2D eigenvalue weighted by Gasteiger charge is -2.31. The third kappa shape index (κ3) is 4.78. The molecule has 23 heavy (non-hydrogen) atoms. The number of carbonyl (C=O) groups is 1. The van der Waals surface area contributed by atoms with Gasteiger partial charge in [0.2, 0.25) is 15.9 Å². The number of hydrogen-bond donors (Lipinski definition) is 1. The first-order valence-electron chi connectivity index (χ1n) is 8.03. The maximum Gasteiger partial charge on any atom is 0.243 e. The van der Waals surface area contributed by atoms with Gasteiger partial charge >= 0.3 is 0 Å². The largest absolute Gasteiger partial charge is 0.355 e. The van der Waals surface area contributed by atoms with E-state index >= 15 is 0 Å². The van der Waals surface area contributed by atoms with E-state index < -0.39 is 10.0 Å². The van der Waals surface area contributed by atoms with Crippen LogP contribution in [0.5, 0.6) is 0 Å². The van der Waals surface area contributed by atoms with E-state index in [4.69, 9.17) is 0 Å². The second-order valence-electron chi connectivity index (χ2n) is 7.27. The monoisotopic (exact) mass is 338 g/mol. The summed E-state index contributed by atoms with van der Waals surface area (Å²) in [6, 6.07) is 8.46.